The van der Waals surface area contributed by atoms with E-state index in [4.69, 9.17) is 4.74 Å². The van der Waals surface area contributed by atoms with Crippen LogP contribution in [0.2, 0.25) is 0 Å². The highest BCUT2D eigenvalue weighted by atomic mass is 32.2. The molecule has 0 bridgehead atoms. The summed E-state index contributed by atoms with van der Waals surface area (Å²) in [4.78, 5) is 25.1. The summed E-state index contributed by atoms with van der Waals surface area (Å²) in [6.07, 6.45) is 1.78. The second kappa shape index (κ2) is 10.3. The fourth-order valence-electron chi connectivity index (χ4n) is 3.39. The number of benzene rings is 2. The van der Waals surface area contributed by atoms with E-state index in [2.05, 4.69) is 25.6 Å². The number of para-hydroxylation sites is 1. The first-order chi connectivity index (χ1) is 16.3. The smallest absolute Gasteiger partial charge is 0.291 e. The van der Waals surface area contributed by atoms with Crippen LogP contribution in [0.3, 0.4) is 0 Å². The number of hydrogen-bond donors (Lipinski definition) is 3. The van der Waals surface area contributed by atoms with Crippen LogP contribution in [0.1, 0.15) is 39.1 Å². The summed E-state index contributed by atoms with van der Waals surface area (Å²) in [5, 5.41) is 12.8. The van der Waals surface area contributed by atoms with Gasteiger partial charge in [-0.3, -0.25) is 19.6 Å². The van der Waals surface area contributed by atoms with Gasteiger partial charge in [-0.15, -0.1) is 10.2 Å². The van der Waals surface area contributed by atoms with Gasteiger partial charge in [0.05, 0.1) is 17.4 Å². The van der Waals surface area contributed by atoms with Crippen molar-refractivity contribution in [2.75, 3.05) is 23.2 Å². The number of rotatable bonds is 8. The Kier molecular flexibility index (Phi) is 7.20. The molecular weight excluding hydrogens is 478 g/mol. The molecule has 2 aromatic carbocycles. The van der Waals surface area contributed by atoms with Crippen LogP contribution in [0.25, 0.3) is 0 Å². The van der Waals surface area contributed by atoms with E-state index in [1.807, 2.05) is 13.0 Å². The monoisotopic (exact) mass is 501 g/mol. The summed E-state index contributed by atoms with van der Waals surface area (Å²) in [6.45, 7) is 2.88. The molecule has 4 rings (SSSR count). The number of amides is 2. The van der Waals surface area contributed by atoms with Crippen molar-refractivity contribution in [3.63, 3.8) is 0 Å². The lowest BCUT2D eigenvalue weighted by molar-refractivity contribution is 0.0858. The first kappa shape index (κ1) is 23.8. The van der Waals surface area contributed by atoms with Gasteiger partial charge >= 0.3 is 0 Å². The van der Waals surface area contributed by atoms with E-state index >= 15 is 0 Å². The number of carbonyl (C=O) groups is 2. The highest BCUT2D eigenvalue weighted by Gasteiger charge is 2.24. The normalized spacial score (nSPS) is 15.6. The maximum absolute atomic E-state index is 12.9. The van der Waals surface area contributed by atoms with Crippen LogP contribution in [-0.2, 0) is 14.8 Å². The van der Waals surface area contributed by atoms with Crippen LogP contribution < -0.4 is 15.4 Å². The van der Waals surface area contributed by atoms with Gasteiger partial charge in [-0.1, -0.05) is 41.2 Å². The minimum atomic E-state index is -4.15. The second-order valence-corrected chi connectivity index (χ2v) is 10.5. The number of sulfonamides is 1. The molecule has 0 aliphatic carbocycles. The van der Waals surface area contributed by atoms with Crippen LogP contribution in [0.5, 0.6) is 0 Å². The molecule has 1 saturated heterocycles. The lowest BCUT2D eigenvalue weighted by atomic mass is 10.1. The van der Waals surface area contributed by atoms with Gasteiger partial charge in [0.2, 0.25) is 5.13 Å². The number of aryl methyl sites for hydroxylation is 1. The summed E-state index contributed by atoms with van der Waals surface area (Å²) in [5.41, 5.74) is 1.60. The third-order valence-electron chi connectivity index (χ3n) is 5.07. The molecule has 3 N–H and O–H groups in total. The van der Waals surface area contributed by atoms with Crippen LogP contribution >= 0.6 is 11.3 Å². The van der Waals surface area contributed by atoms with Gasteiger partial charge in [-0.05, 0) is 44.0 Å². The van der Waals surface area contributed by atoms with Crippen molar-refractivity contribution in [1.29, 1.82) is 0 Å². The van der Waals surface area contributed by atoms with Gasteiger partial charge in [-0.25, -0.2) is 0 Å². The topological polar surface area (TPSA) is 139 Å². The quantitative estimate of drug-likeness (QED) is 0.403. The largest absolute Gasteiger partial charge is 0.376 e. The van der Waals surface area contributed by atoms with Gasteiger partial charge in [0.25, 0.3) is 26.2 Å². The van der Waals surface area contributed by atoms with Crippen molar-refractivity contribution < 1.29 is 22.7 Å². The molecule has 10 nitrogen and oxygen atoms in total. The lowest BCUT2D eigenvalue weighted by Crippen LogP contribution is -2.32. The molecule has 2 heterocycles. The Bertz CT molecular complexity index is 1300. The molecule has 12 heteroatoms. The Morgan fingerprint density at radius 1 is 1.12 bits per heavy atom. The molecule has 1 aliphatic rings. The third-order valence-corrected chi connectivity index (χ3v) is 7.64. The molecule has 0 spiro atoms. The molecule has 1 fully saturated rings. The molecule has 2 amide bonds. The number of ether oxygens (including phenoxy) is 1. The highest BCUT2D eigenvalue weighted by Crippen LogP contribution is 2.25. The van der Waals surface area contributed by atoms with Crippen LogP contribution in [0.15, 0.2) is 52.9 Å². The zero-order chi connectivity index (χ0) is 24.1. The molecule has 0 radical (unpaired) electrons. The summed E-state index contributed by atoms with van der Waals surface area (Å²) >= 11 is 0.706. The van der Waals surface area contributed by atoms with Crippen molar-refractivity contribution in [3.05, 3.63) is 65.2 Å². The molecule has 0 saturated carbocycles. The van der Waals surface area contributed by atoms with Crippen molar-refractivity contribution in [2.24, 2.45) is 0 Å². The summed E-state index contributed by atoms with van der Waals surface area (Å²) in [7, 11) is -4.15. The van der Waals surface area contributed by atoms with Crippen molar-refractivity contribution in [3.8, 4) is 0 Å². The molecule has 34 heavy (non-hydrogen) atoms. The predicted octanol–water partition coefficient (Wildman–Crippen LogP) is 2.81. The number of nitrogens with one attached hydrogen (secondary N) is 3. The fraction of sp³-hybridized carbons (Fsp3) is 0.273. The number of nitrogens with zero attached hydrogens (tertiary/aromatic N) is 2. The molecule has 178 valence electrons. The second-order valence-electron chi connectivity index (χ2n) is 7.69. The minimum Gasteiger partial charge on any atom is -0.376 e. The van der Waals surface area contributed by atoms with E-state index in [1.54, 1.807) is 30.3 Å². The number of anilines is 2. The first-order valence-corrected chi connectivity index (χ1v) is 12.8. The average Bonchev–Trinajstić information content (AvgIpc) is 3.50. The average molecular weight is 502 g/mol. The van der Waals surface area contributed by atoms with E-state index in [9.17, 15) is 18.0 Å². The van der Waals surface area contributed by atoms with E-state index in [0.717, 1.165) is 18.4 Å². The predicted molar refractivity (Wildman–Crippen MR) is 128 cm³/mol. The zero-order valence-corrected chi connectivity index (χ0v) is 19.9. The van der Waals surface area contributed by atoms with Crippen molar-refractivity contribution in [2.45, 2.75) is 30.2 Å². The molecule has 1 aromatic heterocycles. The lowest BCUT2D eigenvalue weighted by Gasteiger charge is -2.13. The molecule has 0 unspecified atom stereocenters. The molecular formula is C22H23N5O5S2. The summed E-state index contributed by atoms with van der Waals surface area (Å²) in [6, 6.07) is 13.2. The van der Waals surface area contributed by atoms with E-state index in [1.165, 1.54) is 12.1 Å². The zero-order valence-electron chi connectivity index (χ0n) is 18.3. The van der Waals surface area contributed by atoms with E-state index in [-0.39, 0.29) is 26.8 Å². The fourth-order valence-corrected chi connectivity index (χ4v) is 5.37. The van der Waals surface area contributed by atoms with Crippen molar-refractivity contribution >= 4 is 44.0 Å². The maximum Gasteiger partial charge on any atom is 0.291 e. The maximum atomic E-state index is 12.9. The summed E-state index contributed by atoms with van der Waals surface area (Å²) in [5.74, 6) is -0.845. The van der Waals surface area contributed by atoms with Crippen molar-refractivity contribution in [1.82, 2.24) is 15.5 Å². The van der Waals surface area contributed by atoms with Gasteiger partial charge in [0, 0.05) is 18.7 Å². The molecule has 1 aliphatic heterocycles. The Balaban J connectivity index is 1.45. The Labute approximate surface area is 200 Å². The van der Waals surface area contributed by atoms with Crippen LogP contribution in [-0.4, -0.2) is 49.7 Å². The van der Waals surface area contributed by atoms with Crippen LogP contribution in [0.4, 0.5) is 10.8 Å². The Hall–Kier alpha value is -3.35. The van der Waals surface area contributed by atoms with E-state index in [0.29, 0.717) is 30.1 Å². The summed E-state index contributed by atoms with van der Waals surface area (Å²) < 4.78 is 33.3. The minimum absolute atomic E-state index is 0.0365. The van der Waals surface area contributed by atoms with Crippen LogP contribution in [0, 0.1) is 6.92 Å². The van der Waals surface area contributed by atoms with Gasteiger partial charge in [0.1, 0.15) is 0 Å². The standard InChI is InChI=1S/C22H23N5O5S2/c1-14-6-4-7-15(12-14)19(28)24-21-25-26-22(33-21)34(30,31)27-18-10-3-2-9-17(18)20(29)23-13-16-8-5-11-32-16/h2-4,6-7,9-10,12,16,27H,5,8,11,13H2,1H3,(H,23,29)(H,24,25,28)/t16-/m0/s1. The van der Waals surface area contributed by atoms with E-state index < -0.39 is 21.8 Å². The Morgan fingerprint density at radius 3 is 2.71 bits per heavy atom. The van der Waals surface area contributed by atoms with Gasteiger partial charge in [-0.2, -0.15) is 8.42 Å². The molecule has 1 atom stereocenters. The SMILES string of the molecule is Cc1cccc(C(=O)Nc2nnc(S(=O)(=O)Nc3ccccc3C(=O)NC[C@@H]3CCCO3)s2)c1. The molecule has 3 aromatic rings. The highest BCUT2D eigenvalue weighted by molar-refractivity contribution is 7.94. The number of aromatic nitrogens is 2. The third kappa shape index (κ3) is 5.76. The number of carbonyl (C=O) groups excluding carboxylic acids is 2. The number of hydrogen-bond acceptors (Lipinski definition) is 8. The van der Waals surface area contributed by atoms with Gasteiger partial charge < -0.3 is 10.1 Å². The Morgan fingerprint density at radius 2 is 1.94 bits per heavy atom. The van der Waals surface area contributed by atoms with Gasteiger partial charge in [0.15, 0.2) is 0 Å². The first-order valence-electron chi connectivity index (χ1n) is 10.5.